The van der Waals surface area contributed by atoms with Gasteiger partial charge >= 0.3 is 6.03 Å². The lowest BCUT2D eigenvalue weighted by Gasteiger charge is -2.31. The first-order valence-electron chi connectivity index (χ1n) is 11.2. The third-order valence-corrected chi connectivity index (χ3v) is 7.10. The number of fused-ring (bicyclic) bond motifs is 2. The molecule has 2 aromatic rings. The van der Waals surface area contributed by atoms with Crippen molar-refractivity contribution in [2.45, 2.75) is 50.7 Å². The Balaban J connectivity index is 1.37. The monoisotopic (exact) mass is 435 g/mol. The molecule has 6 nitrogen and oxygen atoms in total. The van der Waals surface area contributed by atoms with Gasteiger partial charge in [-0.3, -0.25) is 14.5 Å². The van der Waals surface area contributed by atoms with Gasteiger partial charge in [-0.1, -0.05) is 36.4 Å². The fourth-order valence-electron chi connectivity index (χ4n) is 5.04. The molecule has 0 bridgehead atoms. The second-order valence-corrected chi connectivity index (χ2v) is 9.11. The van der Waals surface area contributed by atoms with Crippen LogP contribution in [0.5, 0.6) is 0 Å². The molecule has 2 fully saturated rings. The molecule has 4 amide bonds. The zero-order chi connectivity index (χ0) is 22.5. The van der Waals surface area contributed by atoms with Gasteiger partial charge in [0.1, 0.15) is 17.9 Å². The van der Waals surface area contributed by atoms with Crippen molar-refractivity contribution in [3.63, 3.8) is 0 Å². The van der Waals surface area contributed by atoms with Crippen LogP contribution >= 0.6 is 0 Å². The summed E-state index contributed by atoms with van der Waals surface area (Å²) in [7, 11) is 0. The largest absolute Gasteiger partial charge is 0.334 e. The predicted molar refractivity (Wildman–Crippen MR) is 116 cm³/mol. The van der Waals surface area contributed by atoms with Crippen molar-refractivity contribution >= 4 is 17.8 Å². The normalized spacial score (nSPS) is 22.8. The number of nitrogens with zero attached hydrogens (tertiary/aromatic N) is 2. The molecule has 1 heterocycles. The quantitative estimate of drug-likeness (QED) is 0.708. The first kappa shape index (κ1) is 20.7. The van der Waals surface area contributed by atoms with E-state index in [1.807, 2.05) is 31.2 Å². The third-order valence-electron chi connectivity index (χ3n) is 7.10. The summed E-state index contributed by atoms with van der Waals surface area (Å²) in [6.07, 6.45) is 3.31. The summed E-state index contributed by atoms with van der Waals surface area (Å²) in [6.45, 7) is 2.01. The van der Waals surface area contributed by atoms with Gasteiger partial charge < -0.3 is 10.2 Å². The van der Waals surface area contributed by atoms with Crippen LogP contribution in [0.25, 0.3) is 0 Å². The lowest BCUT2D eigenvalue weighted by Crippen LogP contribution is -2.47. The van der Waals surface area contributed by atoms with Gasteiger partial charge in [0.05, 0.1) is 0 Å². The van der Waals surface area contributed by atoms with Crippen LogP contribution in [0.1, 0.15) is 42.9 Å². The SMILES string of the molecule is C[C@@H](C1CC1)N(Cc1ccc(F)cc1)C(=O)CN1C(=O)N[C@@]2(CCc3ccccc32)C1=O. The lowest BCUT2D eigenvalue weighted by molar-refractivity contribution is -0.141. The van der Waals surface area contributed by atoms with E-state index < -0.39 is 11.6 Å². The molecule has 5 rings (SSSR count). The fraction of sp³-hybridized carbons (Fsp3) is 0.400. The molecular formula is C25H26FN3O3. The molecule has 0 unspecified atom stereocenters. The topological polar surface area (TPSA) is 69.7 Å². The van der Waals surface area contributed by atoms with Crippen LogP contribution in [0.4, 0.5) is 9.18 Å². The zero-order valence-electron chi connectivity index (χ0n) is 18.0. The summed E-state index contributed by atoms with van der Waals surface area (Å²) in [5.41, 5.74) is 1.61. The number of hydrogen-bond donors (Lipinski definition) is 1. The average molecular weight is 435 g/mol. The number of imide groups is 1. The highest BCUT2D eigenvalue weighted by Crippen LogP contribution is 2.41. The van der Waals surface area contributed by atoms with Gasteiger partial charge in [0, 0.05) is 12.6 Å². The Labute approximate surface area is 186 Å². The van der Waals surface area contributed by atoms with E-state index in [1.54, 1.807) is 17.0 Å². The Morgan fingerprint density at radius 2 is 1.91 bits per heavy atom. The Morgan fingerprint density at radius 3 is 2.62 bits per heavy atom. The van der Waals surface area contributed by atoms with Crippen LogP contribution in [0, 0.1) is 11.7 Å². The van der Waals surface area contributed by atoms with Crippen molar-refractivity contribution in [2.24, 2.45) is 5.92 Å². The molecule has 32 heavy (non-hydrogen) atoms. The molecule has 3 aliphatic rings. The number of rotatable bonds is 6. The molecule has 7 heteroatoms. The summed E-state index contributed by atoms with van der Waals surface area (Å²) in [4.78, 5) is 42.4. The smallest absolute Gasteiger partial charge is 0.325 e. The molecule has 2 aromatic carbocycles. The number of urea groups is 1. The number of nitrogens with one attached hydrogen (secondary N) is 1. The van der Waals surface area contributed by atoms with Crippen molar-refractivity contribution in [3.05, 3.63) is 71.0 Å². The maximum Gasteiger partial charge on any atom is 0.325 e. The van der Waals surface area contributed by atoms with Crippen LogP contribution in [0.3, 0.4) is 0 Å². The van der Waals surface area contributed by atoms with Crippen molar-refractivity contribution in [2.75, 3.05) is 6.54 Å². The molecular weight excluding hydrogens is 409 g/mol. The van der Waals surface area contributed by atoms with Gasteiger partial charge in [-0.15, -0.1) is 0 Å². The van der Waals surface area contributed by atoms with Crippen molar-refractivity contribution in [1.29, 1.82) is 0 Å². The van der Waals surface area contributed by atoms with Gasteiger partial charge in [0.2, 0.25) is 5.91 Å². The van der Waals surface area contributed by atoms with Crippen LogP contribution in [0.2, 0.25) is 0 Å². The highest BCUT2D eigenvalue weighted by atomic mass is 19.1. The fourth-order valence-corrected chi connectivity index (χ4v) is 5.04. The van der Waals surface area contributed by atoms with Crippen LogP contribution in [-0.4, -0.2) is 40.2 Å². The summed E-state index contributed by atoms with van der Waals surface area (Å²) >= 11 is 0. The molecule has 1 saturated carbocycles. The number of carbonyl (C=O) groups excluding carboxylic acids is 3. The molecule has 0 aromatic heterocycles. The summed E-state index contributed by atoms with van der Waals surface area (Å²) in [6, 6.07) is 13.2. The number of aryl methyl sites for hydroxylation is 1. The summed E-state index contributed by atoms with van der Waals surface area (Å²) in [5.74, 6) is -0.555. The molecule has 0 radical (unpaired) electrons. The number of halogens is 1. The minimum atomic E-state index is -1.07. The van der Waals surface area contributed by atoms with E-state index >= 15 is 0 Å². The van der Waals surface area contributed by atoms with Crippen LogP contribution in [0.15, 0.2) is 48.5 Å². The highest BCUT2D eigenvalue weighted by molar-refractivity contribution is 6.09. The number of hydrogen-bond acceptors (Lipinski definition) is 3. The predicted octanol–water partition coefficient (Wildman–Crippen LogP) is 3.35. The molecule has 1 aliphatic heterocycles. The second kappa shape index (κ2) is 7.73. The first-order chi connectivity index (χ1) is 15.4. The van der Waals surface area contributed by atoms with E-state index in [9.17, 15) is 18.8 Å². The molecule has 1 saturated heterocycles. The Hall–Kier alpha value is -3.22. The molecule has 2 atom stereocenters. The lowest BCUT2D eigenvalue weighted by atomic mass is 9.92. The molecule has 1 N–H and O–H groups in total. The molecule has 166 valence electrons. The Bertz CT molecular complexity index is 1080. The van der Waals surface area contributed by atoms with Crippen molar-refractivity contribution in [1.82, 2.24) is 15.1 Å². The number of benzene rings is 2. The minimum absolute atomic E-state index is 0.0190. The number of amides is 4. The van der Waals surface area contributed by atoms with E-state index in [0.717, 1.165) is 34.4 Å². The van der Waals surface area contributed by atoms with E-state index in [-0.39, 0.29) is 30.2 Å². The van der Waals surface area contributed by atoms with Crippen molar-refractivity contribution in [3.8, 4) is 0 Å². The van der Waals surface area contributed by atoms with Gasteiger partial charge in [-0.25, -0.2) is 9.18 Å². The Morgan fingerprint density at radius 1 is 1.19 bits per heavy atom. The highest BCUT2D eigenvalue weighted by Gasteiger charge is 2.55. The molecule has 1 spiro atoms. The van der Waals surface area contributed by atoms with E-state index in [0.29, 0.717) is 25.3 Å². The van der Waals surface area contributed by atoms with Gasteiger partial charge in [-0.05, 0) is 67.3 Å². The van der Waals surface area contributed by atoms with Crippen LogP contribution in [-0.2, 0) is 28.1 Å². The maximum absolute atomic E-state index is 13.4. The standard InChI is InChI=1S/C25H26FN3O3/c1-16(18-8-9-18)28(14-17-6-10-20(26)11-7-17)22(30)15-29-23(31)25(27-24(29)32)13-12-19-4-2-3-5-21(19)25/h2-7,10-11,16,18H,8-9,12-15H2,1H3,(H,27,32)/t16-,25+/m0/s1. The minimum Gasteiger partial charge on any atom is -0.334 e. The van der Waals surface area contributed by atoms with E-state index in [2.05, 4.69) is 5.32 Å². The number of carbonyl (C=O) groups is 3. The Kier molecular flexibility index (Phi) is 4.99. The first-order valence-corrected chi connectivity index (χ1v) is 11.2. The van der Waals surface area contributed by atoms with Gasteiger partial charge in [0.25, 0.3) is 5.91 Å². The summed E-state index contributed by atoms with van der Waals surface area (Å²) < 4.78 is 13.3. The summed E-state index contributed by atoms with van der Waals surface area (Å²) in [5, 5.41) is 2.87. The third kappa shape index (κ3) is 3.45. The average Bonchev–Trinajstić information content (AvgIpc) is 3.54. The maximum atomic E-state index is 13.4. The van der Waals surface area contributed by atoms with Gasteiger partial charge in [-0.2, -0.15) is 0 Å². The van der Waals surface area contributed by atoms with E-state index in [1.165, 1.54) is 12.1 Å². The van der Waals surface area contributed by atoms with E-state index in [4.69, 9.17) is 0 Å². The van der Waals surface area contributed by atoms with Crippen molar-refractivity contribution < 1.29 is 18.8 Å². The second-order valence-electron chi connectivity index (χ2n) is 9.11. The zero-order valence-corrected chi connectivity index (χ0v) is 18.0. The van der Waals surface area contributed by atoms with Crippen LogP contribution < -0.4 is 5.32 Å². The van der Waals surface area contributed by atoms with Gasteiger partial charge in [0.15, 0.2) is 0 Å². The molecule has 2 aliphatic carbocycles.